The standard InChI is InChI=1S/5C22H14FN3O2S.C2H4O2/c5*1-13-4-2-3-5-17(13)20-24-22-26(25-20)21(27)19(29-22)12-16-10-11-18(28-16)14-6-8-15(23)9-7-14;1-2(3)4/h5*2-12H,1H3;1H3,(H,3,4)/b5*19-12+;. The number of carboxylic acids is 1. The van der Waals surface area contributed by atoms with Gasteiger partial charge < -0.3 is 27.2 Å². The first kappa shape index (κ1) is 98.0. The fraction of sp³-hybridized carbons (Fsp3) is 0.0536. The molecule has 0 spiro atoms. The Morgan fingerprint density at radius 3 is 0.550 bits per heavy atom. The van der Waals surface area contributed by atoms with Crippen LogP contribution in [0.4, 0.5) is 22.0 Å². The number of aryl methyl sites for hydroxylation is 5. The molecule has 0 aliphatic heterocycles. The van der Waals surface area contributed by atoms with E-state index in [4.69, 9.17) is 32.0 Å². The van der Waals surface area contributed by atoms with Crippen molar-refractivity contribution in [3.05, 3.63) is 463 Å². The summed E-state index contributed by atoms with van der Waals surface area (Å²) >= 11 is 6.29. The molecule has 0 aliphatic rings. The van der Waals surface area contributed by atoms with Crippen molar-refractivity contribution in [1.82, 2.24) is 73.0 Å². The zero-order valence-corrected chi connectivity index (χ0v) is 82.9. The van der Waals surface area contributed by atoms with Crippen LogP contribution in [0.3, 0.4) is 0 Å². The maximum atomic E-state index is 13.1. The van der Waals surface area contributed by atoms with Crippen LogP contribution in [0.2, 0.25) is 0 Å². The minimum atomic E-state index is -0.833. The van der Waals surface area contributed by atoms with Gasteiger partial charge in [-0.05, 0) is 244 Å². The maximum Gasteiger partial charge on any atom is 0.300 e. The maximum absolute atomic E-state index is 13.1. The highest BCUT2D eigenvalue weighted by Crippen LogP contribution is 2.33. The van der Waals surface area contributed by atoms with Crippen LogP contribution in [0.1, 0.15) is 63.5 Å². The Labute approximate surface area is 857 Å². The molecule has 734 valence electrons. The number of thiazole rings is 5. The Morgan fingerprint density at radius 1 is 0.248 bits per heavy atom. The fourth-order valence-electron chi connectivity index (χ4n) is 15.5. The van der Waals surface area contributed by atoms with E-state index in [0.717, 1.165) is 90.4 Å². The lowest BCUT2D eigenvalue weighted by Gasteiger charge is -1.98. The summed E-state index contributed by atoms with van der Waals surface area (Å²) in [6.07, 6.45) is 8.35. The molecule has 1 N–H and O–H groups in total. The Balaban J connectivity index is 0.000000112. The van der Waals surface area contributed by atoms with Gasteiger partial charge in [-0.2, -0.15) is 47.5 Å². The number of fused-ring (bicyclic) bond motifs is 5. The molecule has 149 heavy (non-hydrogen) atoms. The predicted octanol–water partition coefficient (Wildman–Crippen LogP) is 20.5. The summed E-state index contributed by atoms with van der Waals surface area (Å²) in [6, 6.07) is 87.0. The number of hydrogen-bond donors (Lipinski definition) is 1. The van der Waals surface area contributed by atoms with E-state index in [1.54, 1.807) is 152 Å². The first-order chi connectivity index (χ1) is 72.1. The lowest BCUT2D eigenvalue weighted by molar-refractivity contribution is -0.134. The molecule has 37 heteroatoms. The molecule has 0 saturated carbocycles. The molecule has 10 aromatic carbocycles. The van der Waals surface area contributed by atoms with Crippen LogP contribution in [-0.4, -0.2) is 84.1 Å². The Kier molecular flexibility index (Phi) is 27.9. The Bertz CT molecular complexity index is 8670. The van der Waals surface area contributed by atoms with Crippen molar-refractivity contribution < 1.29 is 53.9 Å². The van der Waals surface area contributed by atoms with Crippen molar-refractivity contribution >= 4 is 118 Å². The molecule has 0 unspecified atom stereocenters. The monoisotopic (exact) mass is 2080 g/mol. The third-order valence-electron chi connectivity index (χ3n) is 23.0. The van der Waals surface area contributed by atoms with Crippen LogP contribution >= 0.6 is 56.7 Å². The number of hydrogen-bond acceptors (Lipinski definition) is 26. The molecule has 25 aromatic rings. The van der Waals surface area contributed by atoms with Crippen LogP contribution in [-0.2, 0) is 4.79 Å². The van der Waals surface area contributed by atoms with Crippen molar-refractivity contribution in [3.63, 3.8) is 0 Å². The zero-order valence-electron chi connectivity index (χ0n) is 78.8. The number of aliphatic carboxylic acids is 1. The van der Waals surface area contributed by atoms with E-state index >= 15 is 0 Å². The van der Waals surface area contributed by atoms with Crippen molar-refractivity contribution in [3.8, 4) is 114 Å². The van der Waals surface area contributed by atoms with Gasteiger partial charge in [-0.1, -0.05) is 178 Å². The molecular formula is C112H74F5N15O12S5. The second kappa shape index (κ2) is 42.5. The minimum absolute atomic E-state index is 0.239. The predicted molar refractivity (Wildman–Crippen MR) is 564 cm³/mol. The topological polar surface area (TPSA) is 339 Å². The molecule has 0 radical (unpaired) electrons. The summed E-state index contributed by atoms with van der Waals surface area (Å²) in [5.74, 6) is 6.01. The van der Waals surface area contributed by atoms with Gasteiger partial charge in [-0.15, -0.1) is 25.5 Å². The molecule has 15 aromatic heterocycles. The second-order valence-electron chi connectivity index (χ2n) is 33.4. The van der Waals surface area contributed by atoms with Crippen LogP contribution in [0, 0.1) is 63.7 Å². The van der Waals surface area contributed by atoms with E-state index in [1.165, 1.54) is 140 Å². The average molecular weight is 2080 g/mol. The van der Waals surface area contributed by atoms with Crippen molar-refractivity contribution in [2.24, 2.45) is 0 Å². The number of benzene rings is 10. The summed E-state index contributed by atoms with van der Waals surface area (Å²) in [5, 5.41) is 29.3. The summed E-state index contributed by atoms with van der Waals surface area (Å²) in [5.41, 5.74) is 12.4. The van der Waals surface area contributed by atoms with E-state index in [9.17, 15) is 45.9 Å². The lowest BCUT2D eigenvalue weighted by Crippen LogP contribution is -2.23. The number of nitrogens with zero attached hydrogens (tertiary/aromatic N) is 15. The first-order valence-corrected chi connectivity index (χ1v) is 49.6. The van der Waals surface area contributed by atoms with Gasteiger partial charge in [0.2, 0.25) is 24.8 Å². The van der Waals surface area contributed by atoms with Crippen molar-refractivity contribution in [2.75, 3.05) is 0 Å². The molecule has 0 aliphatic carbocycles. The van der Waals surface area contributed by atoms with E-state index in [1.807, 2.05) is 156 Å². The number of carboxylic acid groups (broad SMARTS) is 1. The molecular weight excluding hydrogens is 2000 g/mol. The first-order valence-electron chi connectivity index (χ1n) is 45.5. The SMILES string of the molecule is CC(=O)O.Cc1ccccc1-c1nc2s/c(=C/c3ccc(-c4ccc(F)cc4)o3)c(=O)n2n1.Cc1ccccc1-c1nc2s/c(=C/c3ccc(-c4ccc(F)cc4)o3)c(=O)n2n1.Cc1ccccc1-c1nc2s/c(=C/c3ccc(-c4ccc(F)cc4)o3)c(=O)n2n1.Cc1ccccc1-c1nc2s/c(=C/c3ccc(-c4ccc(F)cc4)o3)c(=O)n2n1.Cc1ccccc1-c1nc2s/c(=C/c3ccc(-c4ccc(F)cc4)o3)c(=O)n2n1. The zero-order chi connectivity index (χ0) is 103. The molecule has 15 heterocycles. The van der Waals surface area contributed by atoms with Gasteiger partial charge >= 0.3 is 0 Å². The van der Waals surface area contributed by atoms with Gasteiger partial charge in [-0.3, -0.25) is 28.8 Å². The Hall–Kier alpha value is -18.4. The van der Waals surface area contributed by atoms with Crippen molar-refractivity contribution in [1.29, 1.82) is 0 Å². The molecule has 25 rings (SSSR count). The molecule has 0 atom stereocenters. The van der Waals surface area contributed by atoms with Gasteiger partial charge in [0.1, 0.15) is 109 Å². The van der Waals surface area contributed by atoms with Gasteiger partial charge in [0.05, 0.1) is 0 Å². The average Bonchev–Trinajstić information content (AvgIpc) is 1.64. The van der Waals surface area contributed by atoms with E-state index in [2.05, 4.69) is 50.4 Å². The number of rotatable bonds is 15. The summed E-state index contributed by atoms with van der Waals surface area (Å²) < 4.78 is 103. The number of furan rings is 5. The third kappa shape index (κ3) is 21.7. The van der Waals surface area contributed by atoms with Crippen LogP contribution < -0.4 is 50.5 Å². The van der Waals surface area contributed by atoms with E-state index < -0.39 is 5.97 Å². The number of aromatic nitrogens is 15. The Morgan fingerprint density at radius 2 is 0.403 bits per heavy atom. The summed E-state index contributed by atoms with van der Waals surface area (Å²) in [7, 11) is 0. The van der Waals surface area contributed by atoms with Gasteiger partial charge in [0.25, 0.3) is 33.8 Å². The summed E-state index contributed by atoms with van der Waals surface area (Å²) in [6.45, 7) is 11.0. The molecule has 0 amide bonds. The summed E-state index contributed by atoms with van der Waals surface area (Å²) in [4.78, 5) is 97.9. The molecule has 0 fully saturated rings. The fourth-order valence-corrected chi connectivity index (χ4v) is 19.9. The highest BCUT2D eigenvalue weighted by molar-refractivity contribution is 7.16. The van der Waals surface area contributed by atoms with Gasteiger partial charge in [0.15, 0.2) is 29.1 Å². The largest absolute Gasteiger partial charge is 0.481 e. The van der Waals surface area contributed by atoms with Crippen molar-refractivity contribution in [2.45, 2.75) is 41.5 Å². The molecule has 27 nitrogen and oxygen atoms in total. The smallest absolute Gasteiger partial charge is 0.300 e. The van der Waals surface area contributed by atoms with Crippen LogP contribution in [0.5, 0.6) is 0 Å². The third-order valence-corrected chi connectivity index (χ3v) is 27.8. The van der Waals surface area contributed by atoms with Crippen LogP contribution in [0.25, 0.3) is 169 Å². The lowest BCUT2D eigenvalue weighted by atomic mass is 10.1. The van der Waals surface area contributed by atoms with Crippen LogP contribution in [0.15, 0.2) is 349 Å². The van der Waals surface area contributed by atoms with Gasteiger partial charge in [0, 0.05) is 92.9 Å². The highest BCUT2D eigenvalue weighted by Gasteiger charge is 2.22. The normalized spacial score (nSPS) is 12.0. The number of carbonyl (C=O) groups is 1. The molecule has 0 saturated heterocycles. The van der Waals surface area contributed by atoms with Gasteiger partial charge in [-0.25, -0.2) is 22.0 Å². The molecule has 0 bridgehead atoms. The minimum Gasteiger partial charge on any atom is -0.481 e. The van der Waals surface area contributed by atoms with E-state index in [-0.39, 0.29) is 56.9 Å². The highest BCUT2D eigenvalue weighted by atomic mass is 32.1. The second-order valence-corrected chi connectivity index (χ2v) is 38.4. The number of halogens is 5. The quantitative estimate of drug-likeness (QED) is 0.0932. The van der Waals surface area contributed by atoms with E-state index in [0.29, 0.717) is 134 Å².